The molecule has 26 heavy (non-hydrogen) atoms. The molecule has 2 aliphatic rings. The summed E-state index contributed by atoms with van der Waals surface area (Å²) in [4.78, 5) is 45.6. The number of aromatic nitrogens is 2. The summed E-state index contributed by atoms with van der Waals surface area (Å²) in [6.45, 7) is 3.38. The number of amides is 3. The van der Waals surface area contributed by atoms with Gasteiger partial charge in [-0.05, 0) is 17.5 Å². The van der Waals surface area contributed by atoms with Gasteiger partial charge in [-0.2, -0.15) is 0 Å². The van der Waals surface area contributed by atoms with E-state index >= 15 is 0 Å². The van der Waals surface area contributed by atoms with Crippen molar-refractivity contribution < 1.29 is 14.4 Å². The van der Waals surface area contributed by atoms with Gasteiger partial charge in [-0.3, -0.25) is 14.4 Å². The van der Waals surface area contributed by atoms with Crippen LogP contribution in [0.4, 0.5) is 0 Å². The van der Waals surface area contributed by atoms with Crippen molar-refractivity contribution in [1.82, 2.24) is 25.5 Å². The number of aromatic amines is 1. The summed E-state index contributed by atoms with van der Waals surface area (Å²) in [5, 5.41) is 5.70. The number of nitrogens with one attached hydrogen (secondary N) is 3. The molecule has 3 heterocycles. The number of rotatable bonds is 3. The predicted molar refractivity (Wildman–Crippen MR) is 92.5 cm³/mol. The van der Waals surface area contributed by atoms with E-state index in [1.54, 1.807) is 17.0 Å². The Morgan fingerprint density at radius 2 is 2.15 bits per heavy atom. The number of carbonyl (C=O) groups is 3. The molecule has 2 atom stereocenters. The third-order valence-corrected chi connectivity index (χ3v) is 5.01. The molecule has 0 spiro atoms. The van der Waals surface area contributed by atoms with Gasteiger partial charge in [-0.1, -0.05) is 19.1 Å². The first-order valence-electron chi connectivity index (χ1n) is 8.53. The Kier molecular flexibility index (Phi) is 3.95. The molecule has 134 valence electrons. The van der Waals surface area contributed by atoms with E-state index in [2.05, 4.69) is 20.6 Å². The van der Waals surface area contributed by atoms with Crippen molar-refractivity contribution in [2.45, 2.75) is 19.5 Å². The fourth-order valence-electron chi connectivity index (χ4n) is 3.57. The molecule has 0 bridgehead atoms. The summed E-state index contributed by atoms with van der Waals surface area (Å²) in [6.07, 6.45) is 2.91. The first kappa shape index (κ1) is 16.3. The molecule has 2 aliphatic heterocycles. The first-order chi connectivity index (χ1) is 12.5. The summed E-state index contributed by atoms with van der Waals surface area (Å²) in [5.41, 5.74) is 2.12. The van der Waals surface area contributed by atoms with Gasteiger partial charge < -0.3 is 20.5 Å². The Morgan fingerprint density at radius 3 is 2.92 bits per heavy atom. The molecule has 3 N–H and O–H groups in total. The molecule has 3 amide bonds. The fourth-order valence-corrected chi connectivity index (χ4v) is 3.57. The van der Waals surface area contributed by atoms with Crippen molar-refractivity contribution in [3.8, 4) is 0 Å². The van der Waals surface area contributed by atoms with Gasteiger partial charge in [0.05, 0.1) is 29.7 Å². The topological polar surface area (TPSA) is 107 Å². The second-order valence-electron chi connectivity index (χ2n) is 6.76. The first-order valence-corrected chi connectivity index (χ1v) is 8.53. The van der Waals surface area contributed by atoms with Crippen LogP contribution in [0.1, 0.15) is 43.7 Å². The lowest BCUT2D eigenvalue weighted by molar-refractivity contribution is 0.0775. The van der Waals surface area contributed by atoms with E-state index in [9.17, 15) is 14.4 Å². The highest BCUT2D eigenvalue weighted by Crippen LogP contribution is 2.24. The summed E-state index contributed by atoms with van der Waals surface area (Å²) in [7, 11) is 0. The maximum absolute atomic E-state index is 13.0. The standard InChI is InChI=1S/C18H19N5O3/c1-10-7-23(8-14(10)22-16(24)13-6-19-9-21-13)18(26)12-4-2-3-11-5-20-17(25)15(11)12/h2-4,6,9-10,14H,5,7-8H2,1H3,(H,19,21)(H,20,25)(H,22,24). The number of likely N-dealkylation sites (tertiary alicyclic amines) is 1. The minimum Gasteiger partial charge on any atom is -0.348 e. The number of hydrogen-bond donors (Lipinski definition) is 3. The van der Waals surface area contributed by atoms with Crippen LogP contribution >= 0.6 is 0 Å². The molecule has 1 fully saturated rings. The Labute approximate surface area is 150 Å². The summed E-state index contributed by atoms with van der Waals surface area (Å²) in [5.74, 6) is -0.519. The Bertz CT molecular complexity index is 877. The van der Waals surface area contributed by atoms with Crippen molar-refractivity contribution in [3.05, 3.63) is 53.1 Å². The number of carbonyl (C=O) groups excluding carboxylic acids is 3. The van der Waals surface area contributed by atoms with Gasteiger partial charge in [-0.15, -0.1) is 0 Å². The lowest BCUT2D eigenvalue weighted by atomic mass is 10.0. The molecule has 1 aromatic carbocycles. The number of fused-ring (bicyclic) bond motifs is 1. The van der Waals surface area contributed by atoms with Crippen LogP contribution in [0.3, 0.4) is 0 Å². The Hall–Kier alpha value is -3.16. The SMILES string of the molecule is CC1CN(C(=O)c2cccc3c2C(=O)NC3)CC1NC(=O)c1cnc[nH]1. The largest absolute Gasteiger partial charge is 0.348 e. The average molecular weight is 353 g/mol. The van der Waals surface area contributed by atoms with Crippen LogP contribution in [0.2, 0.25) is 0 Å². The van der Waals surface area contributed by atoms with E-state index in [0.29, 0.717) is 36.5 Å². The normalized spacial score (nSPS) is 21.4. The van der Waals surface area contributed by atoms with E-state index < -0.39 is 0 Å². The van der Waals surface area contributed by atoms with E-state index in [1.807, 2.05) is 13.0 Å². The zero-order valence-corrected chi connectivity index (χ0v) is 14.3. The molecule has 2 unspecified atom stereocenters. The van der Waals surface area contributed by atoms with E-state index in [1.165, 1.54) is 12.5 Å². The van der Waals surface area contributed by atoms with Crippen LogP contribution in [0.25, 0.3) is 0 Å². The van der Waals surface area contributed by atoms with Crippen LogP contribution < -0.4 is 10.6 Å². The highest BCUT2D eigenvalue weighted by atomic mass is 16.2. The highest BCUT2D eigenvalue weighted by Gasteiger charge is 2.36. The predicted octanol–water partition coefficient (Wildman–Crippen LogP) is 0.544. The molecule has 1 aromatic heterocycles. The number of H-pyrrole nitrogens is 1. The smallest absolute Gasteiger partial charge is 0.269 e. The monoisotopic (exact) mass is 353 g/mol. The zero-order valence-electron chi connectivity index (χ0n) is 14.3. The van der Waals surface area contributed by atoms with Gasteiger partial charge >= 0.3 is 0 Å². The molecular weight excluding hydrogens is 334 g/mol. The average Bonchev–Trinajstić information content (AvgIpc) is 3.36. The minimum absolute atomic E-state index is 0.108. The molecule has 8 nitrogen and oxygen atoms in total. The molecular formula is C18H19N5O3. The van der Waals surface area contributed by atoms with Crippen molar-refractivity contribution in [2.24, 2.45) is 5.92 Å². The number of hydrogen-bond acceptors (Lipinski definition) is 4. The zero-order chi connectivity index (χ0) is 18.3. The quantitative estimate of drug-likeness (QED) is 0.749. The van der Waals surface area contributed by atoms with Gasteiger partial charge in [-0.25, -0.2) is 4.98 Å². The number of benzene rings is 1. The summed E-state index contributed by atoms with van der Waals surface area (Å²) >= 11 is 0. The summed E-state index contributed by atoms with van der Waals surface area (Å²) in [6, 6.07) is 5.18. The maximum Gasteiger partial charge on any atom is 0.269 e. The van der Waals surface area contributed by atoms with Crippen molar-refractivity contribution >= 4 is 17.7 Å². The van der Waals surface area contributed by atoms with E-state index in [0.717, 1.165) is 5.56 Å². The number of imidazole rings is 1. The van der Waals surface area contributed by atoms with Crippen LogP contribution in [0, 0.1) is 5.92 Å². The third kappa shape index (κ3) is 2.73. The molecule has 8 heteroatoms. The lowest BCUT2D eigenvalue weighted by Gasteiger charge is -2.18. The van der Waals surface area contributed by atoms with Crippen LogP contribution in [-0.2, 0) is 6.54 Å². The minimum atomic E-state index is -0.242. The van der Waals surface area contributed by atoms with Gasteiger partial charge in [0.15, 0.2) is 0 Å². The second-order valence-corrected chi connectivity index (χ2v) is 6.76. The Balaban J connectivity index is 1.50. The van der Waals surface area contributed by atoms with E-state index in [-0.39, 0.29) is 29.7 Å². The Morgan fingerprint density at radius 1 is 1.31 bits per heavy atom. The van der Waals surface area contributed by atoms with Gasteiger partial charge in [0, 0.05) is 19.6 Å². The lowest BCUT2D eigenvalue weighted by Crippen LogP contribution is -2.40. The summed E-state index contributed by atoms with van der Waals surface area (Å²) < 4.78 is 0. The van der Waals surface area contributed by atoms with Crippen LogP contribution in [0.15, 0.2) is 30.7 Å². The van der Waals surface area contributed by atoms with Crippen LogP contribution in [-0.4, -0.2) is 51.7 Å². The third-order valence-electron chi connectivity index (χ3n) is 5.01. The van der Waals surface area contributed by atoms with Crippen molar-refractivity contribution in [1.29, 1.82) is 0 Å². The molecule has 4 rings (SSSR count). The van der Waals surface area contributed by atoms with Gasteiger partial charge in [0.25, 0.3) is 17.7 Å². The molecule has 1 saturated heterocycles. The fraction of sp³-hybridized carbons (Fsp3) is 0.333. The van der Waals surface area contributed by atoms with Crippen molar-refractivity contribution in [2.75, 3.05) is 13.1 Å². The maximum atomic E-state index is 13.0. The van der Waals surface area contributed by atoms with Crippen LogP contribution in [0.5, 0.6) is 0 Å². The highest BCUT2D eigenvalue weighted by molar-refractivity contribution is 6.09. The second kappa shape index (κ2) is 6.29. The molecule has 2 aromatic rings. The van der Waals surface area contributed by atoms with E-state index in [4.69, 9.17) is 0 Å². The molecule has 0 aliphatic carbocycles. The number of nitrogens with zero attached hydrogens (tertiary/aromatic N) is 2. The molecule has 0 radical (unpaired) electrons. The van der Waals surface area contributed by atoms with Gasteiger partial charge in [0.2, 0.25) is 0 Å². The van der Waals surface area contributed by atoms with Gasteiger partial charge in [0.1, 0.15) is 5.69 Å². The molecule has 0 saturated carbocycles. The van der Waals surface area contributed by atoms with Crippen molar-refractivity contribution in [3.63, 3.8) is 0 Å².